The van der Waals surface area contributed by atoms with Crippen LogP contribution < -0.4 is 9.47 Å². The number of nitrogens with zero attached hydrogens (tertiary/aromatic N) is 3. The third-order valence-electron chi connectivity index (χ3n) is 7.44. The predicted octanol–water partition coefficient (Wildman–Crippen LogP) is 4.93. The second-order valence-corrected chi connectivity index (χ2v) is 9.46. The molecule has 2 fully saturated rings. The molecule has 2 aromatic carbocycles. The molecule has 6 nitrogen and oxygen atoms in total. The van der Waals surface area contributed by atoms with Crippen LogP contribution in [0.3, 0.4) is 0 Å². The van der Waals surface area contributed by atoms with Crippen molar-refractivity contribution in [1.29, 1.82) is 0 Å². The first-order valence-electron chi connectivity index (χ1n) is 12.0. The molecule has 0 unspecified atom stereocenters. The van der Waals surface area contributed by atoms with Crippen LogP contribution in [0, 0.1) is 0 Å². The highest BCUT2D eigenvalue weighted by Crippen LogP contribution is 2.49. The molecule has 1 spiro atoms. The minimum atomic E-state index is -0.437. The number of likely N-dealkylation sites (tertiary alicyclic amines) is 1. The van der Waals surface area contributed by atoms with E-state index in [0.29, 0.717) is 24.8 Å². The van der Waals surface area contributed by atoms with E-state index in [-0.39, 0.29) is 5.91 Å². The summed E-state index contributed by atoms with van der Waals surface area (Å²) in [5, 5.41) is 4.54. The highest BCUT2D eigenvalue weighted by Gasteiger charge is 2.45. The highest BCUT2D eigenvalue weighted by atomic mass is 16.5. The summed E-state index contributed by atoms with van der Waals surface area (Å²) in [6.07, 6.45) is 8.49. The van der Waals surface area contributed by atoms with Gasteiger partial charge in [-0.15, -0.1) is 0 Å². The maximum absolute atomic E-state index is 13.2. The molecule has 0 bridgehead atoms. The van der Waals surface area contributed by atoms with Crippen LogP contribution in [0.25, 0.3) is 11.3 Å². The van der Waals surface area contributed by atoms with Crippen molar-refractivity contribution in [2.75, 3.05) is 13.1 Å². The van der Waals surface area contributed by atoms with Crippen LogP contribution in [-0.4, -0.2) is 39.8 Å². The molecule has 1 saturated carbocycles. The fourth-order valence-electron chi connectivity index (χ4n) is 5.61. The molecule has 1 aromatic heterocycles. The van der Waals surface area contributed by atoms with Gasteiger partial charge in [0.05, 0.1) is 18.0 Å². The molecule has 0 N–H and O–H groups in total. The largest absolute Gasteiger partial charge is 0.490 e. The van der Waals surface area contributed by atoms with Crippen LogP contribution in [0.4, 0.5) is 0 Å². The van der Waals surface area contributed by atoms with Gasteiger partial charge in [0.25, 0.3) is 5.91 Å². The van der Waals surface area contributed by atoms with Crippen molar-refractivity contribution in [3.05, 3.63) is 65.9 Å². The number of para-hydroxylation sites is 1. The summed E-state index contributed by atoms with van der Waals surface area (Å²) in [5.41, 5.74) is 3.60. The van der Waals surface area contributed by atoms with Gasteiger partial charge in [-0.3, -0.25) is 9.48 Å². The molecule has 170 valence electrons. The van der Waals surface area contributed by atoms with E-state index in [9.17, 15) is 4.79 Å². The number of hydrogen-bond donors (Lipinski definition) is 0. The molecule has 3 aromatic rings. The molecule has 1 saturated heterocycles. The van der Waals surface area contributed by atoms with Gasteiger partial charge in [-0.2, -0.15) is 5.10 Å². The number of ether oxygens (including phenoxy) is 2. The highest BCUT2D eigenvalue weighted by molar-refractivity contribution is 5.94. The van der Waals surface area contributed by atoms with Crippen LogP contribution in [0.2, 0.25) is 0 Å². The Kier molecular flexibility index (Phi) is 4.89. The lowest BCUT2D eigenvalue weighted by Crippen LogP contribution is -2.49. The number of aryl methyl sites for hydroxylation is 1. The molecular weight excluding hydrogens is 414 g/mol. The molecule has 6 rings (SSSR count). The van der Waals surface area contributed by atoms with E-state index in [4.69, 9.17) is 9.47 Å². The van der Waals surface area contributed by atoms with Gasteiger partial charge in [-0.25, -0.2) is 0 Å². The monoisotopic (exact) mass is 443 g/mol. The standard InChI is InChI=1S/C27H29N3O3/c1-29-25-22-8-4-5-9-24(22)33-27(23(25)18-28-29)14-16-30(17-15-27)26(31)19-10-12-21(13-11-19)32-20-6-2-3-7-20/h4-5,8-13,18,20H,2-3,6-7,14-17H2,1H3. The number of aromatic nitrogens is 2. The Morgan fingerprint density at radius 1 is 1.06 bits per heavy atom. The second kappa shape index (κ2) is 7.94. The van der Waals surface area contributed by atoms with E-state index >= 15 is 0 Å². The lowest BCUT2D eigenvalue weighted by molar-refractivity contribution is -0.00172. The number of hydrogen-bond acceptors (Lipinski definition) is 4. The molecule has 3 heterocycles. The fourth-order valence-corrected chi connectivity index (χ4v) is 5.61. The lowest BCUT2D eigenvalue weighted by atomic mass is 9.81. The van der Waals surface area contributed by atoms with Crippen molar-refractivity contribution < 1.29 is 14.3 Å². The Bertz CT molecular complexity index is 1170. The molecule has 1 amide bonds. The Morgan fingerprint density at radius 3 is 2.55 bits per heavy atom. The second-order valence-electron chi connectivity index (χ2n) is 9.46. The van der Waals surface area contributed by atoms with E-state index < -0.39 is 5.60 Å². The van der Waals surface area contributed by atoms with Gasteiger partial charge < -0.3 is 14.4 Å². The van der Waals surface area contributed by atoms with Gasteiger partial charge in [-0.1, -0.05) is 12.1 Å². The topological polar surface area (TPSA) is 56.6 Å². The Morgan fingerprint density at radius 2 is 1.79 bits per heavy atom. The molecule has 2 aliphatic heterocycles. The summed E-state index contributed by atoms with van der Waals surface area (Å²) in [7, 11) is 1.98. The first-order chi connectivity index (χ1) is 16.1. The van der Waals surface area contributed by atoms with Crippen LogP contribution >= 0.6 is 0 Å². The third-order valence-corrected chi connectivity index (χ3v) is 7.44. The average molecular weight is 444 g/mol. The van der Waals surface area contributed by atoms with Crippen molar-refractivity contribution in [2.45, 2.75) is 50.2 Å². The number of carbonyl (C=O) groups excluding carboxylic acids is 1. The molecule has 0 radical (unpaired) electrons. The van der Waals surface area contributed by atoms with E-state index in [1.807, 2.05) is 65.3 Å². The van der Waals surface area contributed by atoms with Gasteiger partial charge in [0.15, 0.2) is 0 Å². The van der Waals surface area contributed by atoms with E-state index in [0.717, 1.165) is 54.0 Å². The summed E-state index contributed by atoms with van der Waals surface area (Å²) >= 11 is 0. The average Bonchev–Trinajstić information content (AvgIpc) is 3.50. The van der Waals surface area contributed by atoms with E-state index in [1.165, 1.54) is 12.8 Å². The summed E-state index contributed by atoms with van der Waals surface area (Å²) in [6, 6.07) is 15.8. The maximum Gasteiger partial charge on any atom is 0.253 e. The lowest BCUT2D eigenvalue weighted by Gasteiger charge is -2.44. The van der Waals surface area contributed by atoms with Gasteiger partial charge >= 0.3 is 0 Å². The van der Waals surface area contributed by atoms with E-state index in [1.54, 1.807) is 0 Å². The van der Waals surface area contributed by atoms with Crippen LogP contribution in [0.1, 0.15) is 54.4 Å². The molecular formula is C27H29N3O3. The first-order valence-corrected chi connectivity index (χ1v) is 12.0. The SMILES string of the molecule is Cn1ncc2c1-c1ccccc1OC21CCN(C(=O)c2ccc(OC3CCCC3)cc2)CC1. The number of rotatable bonds is 3. The number of piperidine rings is 1. The van der Waals surface area contributed by atoms with Crippen LogP contribution in [0.15, 0.2) is 54.7 Å². The Hall–Kier alpha value is -3.28. The van der Waals surface area contributed by atoms with Crippen LogP contribution in [-0.2, 0) is 12.6 Å². The third kappa shape index (κ3) is 3.48. The fraction of sp³-hybridized carbons (Fsp3) is 0.407. The zero-order valence-corrected chi connectivity index (χ0v) is 19.0. The first kappa shape index (κ1) is 20.3. The Labute approximate surface area is 194 Å². The molecule has 3 aliphatic rings. The molecule has 0 atom stereocenters. The number of amides is 1. The van der Waals surface area contributed by atoms with Crippen molar-refractivity contribution in [1.82, 2.24) is 14.7 Å². The summed E-state index contributed by atoms with van der Waals surface area (Å²) in [5.74, 6) is 1.82. The predicted molar refractivity (Wildman–Crippen MR) is 125 cm³/mol. The minimum absolute atomic E-state index is 0.0693. The number of benzene rings is 2. The summed E-state index contributed by atoms with van der Waals surface area (Å²) in [6.45, 7) is 1.30. The quantitative estimate of drug-likeness (QED) is 0.576. The smallest absolute Gasteiger partial charge is 0.253 e. The molecule has 6 heteroatoms. The number of carbonyl (C=O) groups is 1. The normalized spacial score (nSPS) is 19.1. The Balaban J connectivity index is 1.17. The minimum Gasteiger partial charge on any atom is -0.490 e. The zero-order valence-electron chi connectivity index (χ0n) is 19.0. The maximum atomic E-state index is 13.2. The van der Waals surface area contributed by atoms with Gasteiger partial charge in [0.1, 0.15) is 17.1 Å². The molecule has 1 aliphatic carbocycles. The van der Waals surface area contributed by atoms with Crippen molar-refractivity contribution >= 4 is 5.91 Å². The van der Waals surface area contributed by atoms with Crippen molar-refractivity contribution in [3.8, 4) is 22.8 Å². The molecule has 33 heavy (non-hydrogen) atoms. The van der Waals surface area contributed by atoms with Gasteiger partial charge in [-0.05, 0) is 62.1 Å². The van der Waals surface area contributed by atoms with Gasteiger partial charge in [0, 0.05) is 49.7 Å². The van der Waals surface area contributed by atoms with E-state index in [2.05, 4.69) is 11.2 Å². The summed E-state index contributed by atoms with van der Waals surface area (Å²) in [4.78, 5) is 15.1. The van der Waals surface area contributed by atoms with Crippen molar-refractivity contribution in [3.63, 3.8) is 0 Å². The zero-order chi connectivity index (χ0) is 22.4. The van der Waals surface area contributed by atoms with Crippen molar-refractivity contribution in [2.24, 2.45) is 7.05 Å². The summed E-state index contributed by atoms with van der Waals surface area (Å²) < 4.78 is 14.6. The number of fused-ring (bicyclic) bond motifs is 4. The van der Waals surface area contributed by atoms with Gasteiger partial charge in [0.2, 0.25) is 0 Å². The van der Waals surface area contributed by atoms with Crippen LogP contribution in [0.5, 0.6) is 11.5 Å².